The number of methoxy groups -OCH3 is 1. The van der Waals surface area contributed by atoms with E-state index < -0.39 is 5.97 Å². The number of nitrogens with zero attached hydrogens (tertiary/aromatic N) is 1. The van der Waals surface area contributed by atoms with Crippen molar-refractivity contribution in [2.75, 3.05) is 26.7 Å². The van der Waals surface area contributed by atoms with Crippen LogP contribution in [0, 0.1) is 5.92 Å². The average Bonchev–Trinajstić information content (AvgIpc) is 2.96. The molecule has 1 aliphatic heterocycles. The molecule has 0 atom stereocenters. The zero-order valence-electron chi connectivity index (χ0n) is 23.9. The van der Waals surface area contributed by atoms with Crippen molar-refractivity contribution in [3.8, 4) is 0 Å². The third-order valence-corrected chi connectivity index (χ3v) is 6.23. The van der Waals surface area contributed by atoms with Crippen LogP contribution in [-0.4, -0.2) is 49.4 Å². The summed E-state index contributed by atoms with van der Waals surface area (Å²) in [6.45, 7) is 4.14. The normalized spacial score (nSPS) is 15.4. The molecular formula is C33H48N2O4. The summed E-state index contributed by atoms with van der Waals surface area (Å²) in [7, 11) is 1.27. The Morgan fingerprint density at radius 3 is 1.72 bits per heavy atom. The highest BCUT2D eigenvalue weighted by atomic mass is 16.5. The quantitative estimate of drug-likeness (QED) is 0.122. The average molecular weight is 537 g/mol. The summed E-state index contributed by atoms with van der Waals surface area (Å²) in [4.78, 5) is 37.2. The van der Waals surface area contributed by atoms with Gasteiger partial charge in [0.25, 0.3) is 0 Å². The number of carbonyl (C=O) groups is 3. The van der Waals surface area contributed by atoms with Gasteiger partial charge < -0.3 is 15.0 Å². The number of hydrogen-bond acceptors (Lipinski definition) is 4. The van der Waals surface area contributed by atoms with E-state index >= 15 is 0 Å². The molecular weight excluding hydrogens is 488 g/mol. The molecule has 1 aliphatic rings. The number of amides is 2. The number of likely N-dealkylation sites (tertiary alicyclic amines) is 1. The molecule has 1 fully saturated rings. The van der Waals surface area contributed by atoms with Gasteiger partial charge in [0, 0.05) is 38.2 Å². The molecule has 0 saturated carbocycles. The van der Waals surface area contributed by atoms with Crippen molar-refractivity contribution < 1.29 is 19.1 Å². The van der Waals surface area contributed by atoms with E-state index in [0.717, 1.165) is 77.0 Å². The molecule has 2 amide bonds. The predicted molar refractivity (Wildman–Crippen MR) is 161 cm³/mol. The maximum atomic E-state index is 12.5. The lowest BCUT2D eigenvalue weighted by atomic mass is 9.96. The number of nitrogens with one attached hydrogen (secondary N) is 1. The second-order valence-electron chi connectivity index (χ2n) is 9.38. The van der Waals surface area contributed by atoms with Crippen LogP contribution in [0.1, 0.15) is 71.1 Å². The molecule has 1 rings (SSSR count). The molecule has 6 nitrogen and oxygen atoms in total. The maximum Gasteiger partial charge on any atom is 0.330 e. The largest absolute Gasteiger partial charge is 0.466 e. The van der Waals surface area contributed by atoms with E-state index in [9.17, 15) is 14.4 Å². The highest BCUT2D eigenvalue weighted by Crippen LogP contribution is 2.17. The number of hydrogen-bond donors (Lipinski definition) is 1. The van der Waals surface area contributed by atoms with Gasteiger partial charge >= 0.3 is 5.97 Å². The van der Waals surface area contributed by atoms with Crippen LogP contribution in [0.4, 0.5) is 0 Å². The molecule has 0 aromatic heterocycles. The number of esters is 1. The van der Waals surface area contributed by atoms with Crippen LogP contribution >= 0.6 is 0 Å². The first-order chi connectivity index (χ1) is 19.1. The van der Waals surface area contributed by atoms with Gasteiger partial charge in [0.05, 0.1) is 7.11 Å². The lowest BCUT2D eigenvalue weighted by Crippen LogP contribution is -2.41. The summed E-state index contributed by atoms with van der Waals surface area (Å²) in [5, 5.41) is 2.80. The van der Waals surface area contributed by atoms with Crippen LogP contribution in [0.5, 0.6) is 0 Å². The molecule has 0 bridgehead atoms. The van der Waals surface area contributed by atoms with Gasteiger partial charge in [-0.2, -0.15) is 0 Å². The van der Waals surface area contributed by atoms with Gasteiger partial charge in [-0.3, -0.25) is 9.59 Å². The fraction of sp³-hybridized carbons (Fsp3) is 0.485. The van der Waals surface area contributed by atoms with Crippen molar-refractivity contribution in [3.05, 3.63) is 85.1 Å². The fourth-order valence-electron chi connectivity index (χ4n) is 3.91. The Morgan fingerprint density at radius 2 is 1.23 bits per heavy atom. The fourth-order valence-corrected chi connectivity index (χ4v) is 3.91. The van der Waals surface area contributed by atoms with E-state index in [2.05, 4.69) is 89.9 Å². The van der Waals surface area contributed by atoms with Crippen LogP contribution in [0.15, 0.2) is 85.1 Å². The summed E-state index contributed by atoms with van der Waals surface area (Å²) < 4.78 is 4.46. The van der Waals surface area contributed by atoms with E-state index in [-0.39, 0.29) is 11.8 Å². The van der Waals surface area contributed by atoms with Crippen molar-refractivity contribution >= 4 is 17.8 Å². The Labute approximate surface area is 235 Å². The first-order valence-corrected chi connectivity index (χ1v) is 14.3. The van der Waals surface area contributed by atoms with E-state index in [1.807, 2.05) is 4.90 Å². The van der Waals surface area contributed by atoms with Gasteiger partial charge in [-0.25, -0.2) is 4.79 Å². The summed E-state index contributed by atoms with van der Waals surface area (Å²) in [5.41, 5.74) is 0. The molecule has 0 aromatic carbocycles. The lowest BCUT2D eigenvalue weighted by Gasteiger charge is -2.32. The Bertz CT molecular complexity index is 901. The molecule has 0 aromatic rings. The first-order valence-electron chi connectivity index (χ1n) is 14.3. The van der Waals surface area contributed by atoms with Crippen molar-refractivity contribution in [3.63, 3.8) is 0 Å². The molecule has 214 valence electrons. The van der Waals surface area contributed by atoms with Crippen LogP contribution in [0.3, 0.4) is 0 Å². The Morgan fingerprint density at radius 1 is 0.744 bits per heavy atom. The van der Waals surface area contributed by atoms with Crippen molar-refractivity contribution in [2.45, 2.75) is 71.1 Å². The smallest absolute Gasteiger partial charge is 0.330 e. The Kier molecular flexibility index (Phi) is 20.4. The van der Waals surface area contributed by atoms with Gasteiger partial charge in [0.1, 0.15) is 0 Å². The molecule has 6 heteroatoms. The highest BCUT2D eigenvalue weighted by Gasteiger charge is 2.22. The lowest BCUT2D eigenvalue weighted by molar-refractivity contribution is -0.135. The number of carbonyl (C=O) groups excluding carboxylic acids is 3. The molecule has 0 aliphatic carbocycles. The molecule has 0 radical (unpaired) electrons. The van der Waals surface area contributed by atoms with Gasteiger partial charge in [-0.1, -0.05) is 79.8 Å². The van der Waals surface area contributed by atoms with E-state index in [1.165, 1.54) is 13.2 Å². The van der Waals surface area contributed by atoms with Crippen LogP contribution in [0.25, 0.3) is 0 Å². The maximum absolute atomic E-state index is 12.5. The Balaban J connectivity index is 2.06. The number of piperidine rings is 1. The minimum atomic E-state index is -0.555. The van der Waals surface area contributed by atoms with Crippen LogP contribution in [0.2, 0.25) is 0 Å². The standard InChI is InChI=1S/C33H48N2O4/c1-3-4-5-6-7-8-9-10-11-12-13-14-15-16-17-18-19-20-21-22-32(37)35-27-25-30(26-28-35)29-34-31(36)23-24-33(38)39-2/h4-5,7-8,10-11,13-14,16-17,19-20,23-24,30H,3,6,9,12,15,18,21-22,25-29H2,1-2H3,(H,34,36)/b5-4-,8-7-,11-10-,14-13-,17-16-,20-19-,24-23?. The zero-order valence-corrected chi connectivity index (χ0v) is 23.9. The number of allylic oxidation sites excluding steroid dienone is 12. The first kappa shape index (κ1) is 33.6. The summed E-state index contributed by atoms with van der Waals surface area (Å²) >= 11 is 0. The molecule has 1 N–H and O–H groups in total. The van der Waals surface area contributed by atoms with E-state index in [4.69, 9.17) is 0 Å². The second kappa shape index (κ2) is 23.7. The third kappa shape index (κ3) is 19.3. The van der Waals surface area contributed by atoms with Gasteiger partial charge in [0.15, 0.2) is 0 Å². The topological polar surface area (TPSA) is 75.7 Å². The SMILES string of the molecule is CC/C=C\C/C=C\C/C=C\C/C=C\C/C=C\C/C=C\CCC(=O)N1CCC(CNC(=O)C=CC(=O)OC)CC1. The Hall–Kier alpha value is -3.41. The van der Waals surface area contributed by atoms with Crippen molar-refractivity contribution in [1.82, 2.24) is 10.2 Å². The van der Waals surface area contributed by atoms with Crippen molar-refractivity contribution in [2.24, 2.45) is 5.92 Å². The summed E-state index contributed by atoms with van der Waals surface area (Å²) in [6, 6.07) is 0. The summed E-state index contributed by atoms with van der Waals surface area (Å²) in [6.07, 6.45) is 37.3. The second-order valence-corrected chi connectivity index (χ2v) is 9.38. The van der Waals surface area contributed by atoms with E-state index in [1.54, 1.807) is 0 Å². The predicted octanol–water partition coefficient (Wildman–Crippen LogP) is 6.55. The molecule has 1 heterocycles. The molecule has 0 spiro atoms. The number of rotatable bonds is 18. The van der Waals surface area contributed by atoms with Crippen molar-refractivity contribution in [1.29, 1.82) is 0 Å². The highest BCUT2D eigenvalue weighted by molar-refractivity contribution is 5.94. The third-order valence-electron chi connectivity index (χ3n) is 6.23. The van der Waals surface area contributed by atoms with Gasteiger partial charge in [-0.15, -0.1) is 0 Å². The monoisotopic (exact) mass is 536 g/mol. The molecule has 0 unspecified atom stereocenters. The van der Waals surface area contributed by atoms with Crippen LogP contribution in [-0.2, 0) is 19.1 Å². The summed E-state index contributed by atoms with van der Waals surface area (Å²) in [5.74, 6) is -0.331. The minimum absolute atomic E-state index is 0.193. The van der Waals surface area contributed by atoms with Gasteiger partial charge in [0.2, 0.25) is 11.8 Å². The molecule has 1 saturated heterocycles. The molecule has 39 heavy (non-hydrogen) atoms. The number of ether oxygens (including phenoxy) is 1. The minimum Gasteiger partial charge on any atom is -0.466 e. The van der Waals surface area contributed by atoms with Gasteiger partial charge in [-0.05, 0) is 63.7 Å². The van der Waals surface area contributed by atoms with Crippen LogP contribution < -0.4 is 5.32 Å². The zero-order chi connectivity index (χ0) is 28.4. The van der Waals surface area contributed by atoms with E-state index in [0.29, 0.717) is 18.9 Å².